The maximum Gasteiger partial charge on any atom is 0.303 e. The number of carboxylic acid groups (broad SMARTS) is 1. The third-order valence-electron chi connectivity index (χ3n) is 4.90. The zero-order valence-corrected chi connectivity index (χ0v) is 12.5. The number of carbonyl (C=O) groups excluding carboxylic acids is 1. The van der Waals surface area contributed by atoms with E-state index in [0.717, 1.165) is 31.8 Å². The summed E-state index contributed by atoms with van der Waals surface area (Å²) < 4.78 is 0. The van der Waals surface area contributed by atoms with Gasteiger partial charge in [-0.05, 0) is 49.9 Å². The number of carboxylic acids is 1. The summed E-state index contributed by atoms with van der Waals surface area (Å²) in [5.74, 6) is 1.30. The molecule has 2 aliphatic rings. The van der Waals surface area contributed by atoms with Gasteiger partial charge in [0.05, 0.1) is 0 Å². The van der Waals surface area contributed by atoms with Gasteiger partial charge in [0.1, 0.15) is 0 Å². The zero-order valence-electron chi connectivity index (χ0n) is 12.5. The van der Waals surface area contributed by atoms with Crippen LogP contribution in [0.4, 0.5) is 0 Å². The summed E-state index contributed by atoms with van der Waals surface area (Å²) in [6, 6.07) is 0. The molecule has 2 fully saturated rings. The van der Waals surface area contributed by atoms with Crippen molar-refractivity contribution < 1.29 is 14.7 Å². The number of carbonyl (C=O) groups is 2. The van der Waals surface area contributed by atoms with Crippen molar-refractivity contribution in [3.63, 3.8) is 0 Å². The van der Waals surface area contributed by atoms with Crippen LogP contribution in [0, 0.1) is 17.8 Å². The van der Waals surface area contributed by atoms with Crippen molar-refractivity contribution in [1.29, 1.82) is 0 Å². The molecule has 20 heavy (non-hydrogen) atoms. The first kappa shape index (κ1) is 15.3. The summed E-state index contributed by atoms with van der Waals surface area (Å²) in [6.45, 7) is 3.91. The van der Waals surface area contributed by atoms with Crippen molar-refractivity contribution in [2.45, 2.75) is 58.3 Å². The summed E-state index contributed by atoms with van der Waals surface area (Å²) in [5.41, 5.74) is 0. The van der Waals surface area contributed by atoms with Gasteiger partial charge in [-0.2, -0.15) is 0 Å². The molecule has 1 heterocycles. The molecule has 114 valence electrons. The lowest BCUT2D eigenvalue weighted by Crippen LogP contribution is -2.40. The molecular formula is C16H27NO3. The fourth-order valence-corrected chi connectivity index (χ4v) is 3.74. The third kappa shape index (κ3) is 4.50. The molecule has 1 aliphatic heterocycles. The molecule has 4 heteroatoms. The van der Waals surface area contributed by atoms with E-state index in [-0.39, 0.29) is 6.42 Å². The minimum atomic E-state index is -0.728. The number of likely N-dealkylation sites (tertiary alicyclic amines) is 1. The summed E-state index contributed by atoms with van der Waals surface area (Å²) in [5, 5.41) is 8.75. The van der Waals surface area contributed by atoms with Gasteiger partial charge in [-0.25, -0.2) is 0 Å². The summed E-state index contributed by atoms with van der Waals surface area (Å²) in [6.07, 6.45) is 7.39. The number of amides is 1. The van der Waals surface area contributed by atoms with E-state index in [1.807, 2.05) is 4.90 Å². The summed E-state index contributed by atoms with van der Waals surface area (Å²) in [7, 11) is 0. The van der Waals surface area contributed by atoms with Gasteiger partial charge in [-0.3, -0.25) is 9.59 Å². The first-order chi connectivity index (χ1) is 9.54. The van der Waals surface area contributed by atoms with E-state index in [9.17, 15) is 9.59 Å². The van der Waals surface area contributed by atoms with Gasteiger partial charge in [0, 0.05) is 25.9 Å². The lowest BCUT2D eigenvalue weighted by molar-refractivity contribution is -0.137. The van der Waals surface area contributed by atoms with Gasteiger partial charge in [0.25, 0.3) is 0 Å². The van der Waals surface area contributed by atoms with Crippen LogP contribution >= 0.6 is 0 Å². The van der Waals surface area contributed by atoms with E-state index in [1.165, 1.54) is 19.3 Å². The molecule has 0 radical (unpaired) electrons. The molecule has 1 amide bonds. The number of rotatable bonds is 5. The maximum atomic E-state index is 12.4. The van der Waals surface area contributed by atoms with E-state index in [1.54, 1.807) is 0 Å². The fraction of sp³-hybridized carbons (Fsp3) is 0.875. The minimum Gasteiger partial charge on any atom is -0.481 e. The van der Waals surface area contributed by atoms with E-state index in [0.29, 0.717) is 30.6 Å². The van der Waals surface area contributed by atoms with Crippen molar-refractivity contribution in [3.05, 3.63) is 0 Å². The van der Waals surface area contributed by atoms with Crippen LogP contribution in [0.5, 0.6) is 0 Å². The molecule has 0 aromatic rings. The van der Waals surface area contributed by atoms with Crippen molar-refractivity contribution in [3.8, 4) is 0 Å². The molecule has 3 unspecified atom stereocenters. The first-order valence-electron chi connectivity index (χ1n) is 8.04. The molecule has 0 spiro atoms. The molecule has 0 aromatic heterocycles. The molecule has 0 bridgehead atoms. The van der Waals surface area contributed by atoms with Crippen LogP contribution in [-0.4, -0.2) is 35.0 Å². The fourth-order valence-electron chi connectivity index (χ4n) is 3.74. The van der Waals surface area contributed by atoms with Crippen LogP contribution in [0.15, 0.2) is 0 Å². The van der Waals surface area contributed by atoms with Crippen LogP contribution in [0.3, 0.4) is 0 Å². The summed E-state index contributed by atoms with van der Waals surface area (Å²) in [4.78, 5) is 25.0. The monoisotopic (exact) mass is 281 g/mol. The molecule has 2 rings (SSSR count). The second-order valence-electron chi connectivity index (χ2n) is 6.77. The predicted octanol–water partition coefficient (Wildman–Crippen LogP) is 2.92. The van der Waals surface area contributed by atoms with Gasteiger partial charge in [-0.1, -0.05) is 13.3 Å². The molecular weight excluding hydrogens is 254 g/mol. The van der Waals surface area contributed by atoms with Crippen molar-refractivity contribution in [2.24, 2.45) is 17.8 Å². The Morgan fingerprint density at radius 1 is 1.20 bits per heavy atom. The molecule has 4 nitrogen and oxygen atoms in total. The molecule has 1 saturated carbocycles. The van der Waals surface area contributed by atoms with E-state index >= 15 is 0 Å². The quantitative estimate of drug-likeness (QED) is 0.843. The van der Waals surface area contributed by atoms with E-state index in [4.69, 9.17) is 5.11 Å². The highest BCUT2D eigenvalue weighted by Gasteiger charge is 2.28. The van der Waals surface area contributed by atoms with Gasteiger partial charge < -0.3 is 10.0 Å². The zero-order chi connectivity index (χ0) is 14.5. The highest BCUT2D eigenvalue weighted by Crippen LogP contribution is 2.33. The van der Waals surface area contributed by atoms with Gasteiger partial charge >= 0.3 is 5.97 Å². The molecule has 3 atom stereocenters. The van der Waals surface area contributed by atoms with Crippen LogP contribution < -0.4 is 0 Å². The van der Waals surface area contributed by atoms with Crippen LogP contribution in [0.1, 0.15) is 58.3 Å². The van der Waals surface area contributed by atoms with Crippen molar-refractivity contribution in [1.82, 2.24) is 4.90 Å². The number of hydrogen-bond acceptors (Lipinski definition) is 2. The minimum absolute atomic E-state index is 0.229. The Labute approximate surface area is 121 Å². The highest BCUT2D eigenvalue weighted by atomic mass is 16.4. The second-order valence-corrected chi connectivity index (χ2v) is 6.77. The normalized spacial score (nSPS) is 30.4. The number of aliphatic carboxylic acids is 1. The SMILES string of the molecule is CC1CCC(CC(=O)N2CCCC(CCC(=O)O)C2)C1. The Balaban J connectivity index is 1.76. The van der Waals surface area contributed by atoms with Gasteiger partial charge in [0.2, 0.25) is 5.91 Å². The molecule has 1 saturated heterocycles. The average molecular weight is 281 g/mol. The molecule has 1 aliphatic carbocycles. The Morgan fingerprint density at radius 2 is 2.00 bits per heavy atom. The van der Waals surface area contributed by atoms with Crippen LogP contribution in [0.25, 0.3) is 0 Å². The van der Waals surface area contributed by atoms with Crippen LogP contribution in [0.2, 0.25) is 0 Å². The molecule has 0 aromatic carbocycles. The van der Waals surface area contributed by atoms with Gasteiger partial charge in [-0.15, -0.1) is 0 Å². The Morgan fingerprint density at radius 3 is 2.65 bits per heavy atom. The lowest BCUT2D eigenvalue weighted by Gasteiger charge is -2.33. The highest BCUT2D eigenvalue weighted by molar-refractivity contribution is 5.76. The summed E-state index contributed by atoms with van der Waals surface area (Å²) >= 11 is 0. The average Bonchev–Trinajstić information content (AvgIpc) is 2.82. The lowest BCUT2D eigenvalue weighted by atomic mass is 9.92. The number of nitrogens with zero attached hydrogens (tertiary/aromatic N) is 1. The van der Waals surface area contributed by atoms with E-state index < -0.39 is 5.97 Å². The topological polar surface area (TPSA) is 57.6 Å². The second kappa shape index (κ2) is 7.09. The van der Waals surface area contributed by atoms with Crippen molar-refractivity contribution >= 4 is 11.9 Å². The van der Waals surface area contributed by atoms with Gasteiger partial charge in [0.15, 0.2) is 0 Å². The Bertz CT molecular complexity index is 356. The smallest absolute Gasteiger partial charge is 0.303 e. The van der Waals surface area contributed by atoms with E-state index in [2.05, 4.69) is 6.92 Å². The van der Waals surface area contributed by atoms with Crippen molar-refractivity contribution in [2.75, 3.05) is 13.1 Å². The number of hydrogen-bond donors (Lipinski definition) is 1. The molecule has 1 N–H and O–H groups in total. The number of piperidine rings is 1. The Hall–Kier alpha value is -1.06. The predicted molar refractivity (Wildman–Crippen MR) is 77.3 cm³/mol. The third-order valence-corrected chi connectivity index (χ3v) is 4.90. The maximum absolute atomic E-state index is 12.4. The largest absolute Gasteiger partial charge is 0.481 e. The standard InChI is InChI=1S/C16H27NO3/c1-12-4-5-14(9-12)10-15(18)17-8-2-3-13(11-17)6-7-16(19)20/h12-14H,2-11H2,1H3,(H,19,20). The van der Waals surface area contributed by atoms with Crippen LogP contribution in [-0.2, 0) is 9.59 Å². The first-order valence-corrected chi connectivity index (χ1v) is 8.04. The Kier molecular flexibility index (Phi) is 5.44.